The first-order valence-electron chi connectivity index (χ1n) is 8.29. The minimum Gasteiger partial charge on any atom is -0.489 e. The molecule has 1 aromatic heterocycles. The molecule has 1 unspecified atom stereocenters. The van der Waals surface area contributed by atoms with E-state index >= 15 is 0 Å². The van der Waals surface area contributed by atoms with Crippen molar-refractivity contribution in [3.05, 3.63) is 57.8 Å². The molecule has 6 nitrogen and oxygen atoms in total. The van der Waals surface area contributed by atoms with E-state index in [4.69, 9.17) is 4.74 Å². The average Bonchev–Trinajstić information content (AvgIpc) is 3.01. The summed E-state index contributed by atoms with van der Waals surface area (Å²) in [5.41, 5.74) is 0.956. The van der Waals surface area contributed by atoms with E-state index in [9.17, 15) is 17.6 Å². The van der Waals surface area contributed by atoms with Crippen LogP contribution in [0.25, 0.3) is 0 Å². The molecule has 0 bridgehead atoms. The highest BCUT2D eigenvalue weighted by Crippen LogP contribution is 2.26. The van der Waals surface area contributed by atoms with Gasteiger partial charge < -0.3 is 9.30 Å². The third kappa shape index (κ3) is 3.52. The average molecular weight is 380 g/mol. The minimum atomic E-state index is -3.71. The van der Waals surface area contributed by atoms with Crippen LogP contribution in [0.4, 0.5) is 4.39 Å². The molecule has 0 aliphatic carbocycles. The van der Waals surface area contributed by atoms with E-state index in [-0.39, 0.29) is 23.1 Å². The van der Waals surface area contributed by atoms with E-state index in [1.165, 1.54) is 27.1 Å². The molecule has 0 N–H and O–H groups in total. The third-order valence-electron chi connectivity index (χ3n) is 4.64. The number of sulfonamides is 1. The summed E-state index contributed by atoms with van der Waals surface area (Å²) in [6.45, 7) is 3.88. The molecular weight excluding hydrogens is 359 g/mol. The number of nitrogens with zero attached hydrogens (tertiary/aromatic N) is 2. The van der Waals surface area contributed by atoms with E-state index < -0.39 is 15.8 Å². The lowest BCUT2D eigenvalue weighted by Crippen LogP contribution is -2.31. The summed E-state index contributed by atoms with van der Waals surface area (Å²) in [6, 6.07) is 6.79. The number of aryl methyl sites for hydroxylation is 2. The molecule has 2 aromatic rings. The Balaban J connectivity index is 1.77. The standard InChI is InChI=1S/C18H21FN2O4S/c1-12-8-14(19)4-5-17(12)26(23,24)21-7-6-15(11-21)25-16-9-13(2)20(3)18(22)10-16/h4-5,8-10,15H,6-7,11H2,1-3H3. The van der Waals surface area contributed by atoms with E-state index in [0.717, 1.165) is 11.8 Å². The van der Waals surface area contributed by atoms with Crippen molar-refractivity contribution in [2.45, 2.75) is 31.3 Å². The largest absolute Gasteiger partial charge is 0.489 e. The molecule has 2 heterocycles. The zero-order chi connectivity index (χ0) is 19.1. The van der Waals surface area contributed by atoms with Crippen molar-refractivity contribution >= 4 is 10.0 Å². The quantitative estimate of drug-likeness (QED) is 0.813. The van der Waals surface area contributed by atoms with Crippen LogP contribution < -0.4 is 10.3 Å². The minimum absolute atomic E-state index is 0.101. The van der Waals surface area contributed by atoms with Gasteiger partial charge in [0.2, 0.25) is 10.0 Å². The maximum atomic E-state index is 13.3. The monoisotopic (exact) mass is 380 g/mol. The normalized spacial score (nSPS) is 18.2. The number of aromatic nitrogens is 1. The summed E-state index contributed by atoms with van der Waals surface area (Å²) in [7, 11) is -2.04. The first-order chi connectivity index (χ1) is 12.2. The topological polar surface area (TPSA) is 68.6 Å². The highest BCUT2D eigenvalue weighted by atomic mass is 32.2. The van der Waals surface area contributed by atoms with Gasteiger partial charge in [0.05, 0.1) is 11.4 Å². The van der Waals surface area contributed by atoms with Gasteiger partial charge in [-0.2, -0.15) is 4.31 Å². The van der Waals surface area contributed by atoms with Crippen LogP contribution in [0.2, 0.25) is 0 Å². The molecule has 8 heteroatoms. The van der Waals surface area contributed by atoms with Gasteiger partial charge in [-0.3, -0.25) is 4.79 Å². The van der Waals surface area contributed by atoms with Crippen molar-refractivity contribution in [1.82, 2.24) is 8.87 Å². The summed E-state index contributed by atoms with van der Waals surface area (Å²) in [5.74, 6) is -0.0297. The van der Waals surface area contributed by atoms with Gasteiger partial charge in [-0.15, -0.1) is 0 Å². The Morgan fingerprint density at radius 1 is 1.19 bits per heavy atom. The maximum absolute atomic E-state index is 13.3. The van der Waals surface area contributed by atoms with Crippen LogP contribution in [-0.4, -0.2) is 36.5 Å². The van der Waals surface area contributed by atoms with Crippen LogP contribution in [0, 0.1) is 19.7 Å². The van der Waals surface area contributed by atoms with E-state index in [2.05, 4.69) is 0 Å². The number of benzene rings is 1. The number of pyridine rings is 1. The number of hydrogen-bond donors (Lipinski definition) is 0. The molecule has 1 aliphatic rings. The second-order valence-corrected chi connectivity index (χ2v) is 8.44. The van der Waals surface area contributed by atoms with Gasteiger partial charge in [0.1, 0.15) is 17.7 Å². The number of halogens is 1. The Morgan fingerprint density at radius 3 is 2.58 bits per heavy atom. The molecule has 1 aliphatic heterocycles. The van der Waals surface area contributed by atoms with Crippen molar-refractivity contribution in [2.75, 3.05) is 13.1 Å². The van der Waals surface area contributed by atoms with Crippen molar-refractivity contribution in [3.8, 4) is 5.75 Å². The zero-order valence-corrected chi connectivity index (χ0v) is 15.7. The highest BCUT2D eigenvalue weighted by molar-refractivity contribution is 7.89. The molecule has 0 radical (unpaired) electrons. The molecule has 1 atom stereocenters. The summed E-state index contributed by atoms with van der Waals surface area (Å²) >= 11 is 0. The summed E-state index contributed by atoms with van der Waals surface area (Å²) < 4.78 is 47.6. The fraction of sp³-hybridized carbons (Fsp3) is 0.389. The van der Waals surface area contributed by atoms with Crippen molar-refractivity contribution < 1.29 is 17.5 Å². The predicted molar refractivity (Wildman–Crippen MR) is 95.3 cm³/mol. The molecular formula is C18H21FN2O4S. The van der Waals surface area contributed by atoms with Crippen LogP contribution in [0.3, 0.4) is 0 Å². The van der Waals surface area contributed by atoms with Crippen LogP contribution in [0.15, 0.2) is 40.0 Å². The second-order valence-electron chi connectivity index (χ2n) is 6.53. The zero-order valence-electron chi connectivity index (χ0n) is 14.9. The van der Waals surface area contributed by atoms with Gasteiger partial charge in [-0.25, -0.2) is 12.8 Å². The molecule has 1 saturated heterocycles. The molecule has 1 fully saturated rings. The molecule has 1 aromatic carbocycles. The molecule has 0 spiro atoms. The van der Waals surface area contributed by atoms with Crippen LogP contribution in [-0.2, 0) is 17.1 Å². The number of hydrogen-bond acceptors (Lipinski definition) is 4. The van der Waals surface area contributed by atoms with Crippen LogP contribution in [0.5, 0.6) is 5.75 Å². The Kier molecular flexibility index (Phi) is 4.90. The third-order valence-corrected chi connectivity index (χ3v) is 6.67. The van der Waals surface area contributed by atoms with Gasteiger partial charge >= 0.3 is 0 Å². The number of ether oxygens (including phenoxy) is 1. The Labute approximate surface area is 151 Å². The fourth-order valence-electron chi connectivity index (χ4n) is 3.05. The highest BCUT2D eigenvalue weighted by Gasteiger charge is 2.34. The lowest BCUT2D eigenvalue weighted by Gasteiger charge is -2.19. The van der Waals surface area contributed by atoms with Gasteiger partial charge in [-0.1, -0.05) is 0 Å². The Bertz CT molecular complexity index is 1000. The van der Waals surface area contributed by atoms with Gasteiger partial charge in [0.15, 0.2) is 0 Å². The SMILES string of the molecule is Cc1cc(F)ccc1S(=O)(=O)N1CCC(Oc2cc(C)n(C)c(=O)c2)C1. The Hall–Kier alpha value is -2.19. The maximum Gasteiger partial charge on any atom is 0.254 e. The smallest absolute Gasteiger partial charge is 0.254 e. The lowest BCUT2D eigenvalue weighted by atomic mass is 10.2. The van der Waals surface area contributed by atoms with Crippen LogP contribution >= 0.6 is 0 Å². The predicted octanol–water partition coefficient (Wildman–Crippen LogP) is 1.98. The molecule has 0 saturated carbocycles. The molecule has 26 heavy (non-hydrogen) atoms. The van der Waals surface area contributed by atoms with Gasteiger partial charge in [-0.05, 0) is 50.1 Å². The van der Waals surface area contributed by atoms with E-state index in [1.807, 2.05) is 0 Å². The number of rotatable bonds is 4. The summed E-state index contributed by atoms with van der Waals surface area (Å²) in [5, 5.41) is 0. The van der Waals surface area contributed by atoms with Gasteiger partial charge in [0.25, 0.3) is 5.56 Å². The van der Waals surface area contributed by atoms with E-state index in [1.54, 1.807) is 27.0 Å². The molecule has 3 rings (SSSR count). The first kappa shape index (κ1) is 18.6. The molecule has 0 amide bonds. The summed E-state index contributed by atoms with van der Waals surface area (Å²) in [6.07, 6.45) is 0.185. The van der Waals surface area contributed by atoms with Gasteiger partial charge in [0, 0.05) is 25.4 Å². The second kappa shape index (κ2) is 6.85. The van der Waals surface area contributed by atoms with Crippen molar-refractivity contribution in [1.29, 1.82) is 0 Å². The van der Waals surface area contributed by atoms with Crippen molar-refractivity contribution in [2.24, 2.45) is 7.05 Å². The lowest BCUT2D eigenvalue weighted by molar-refractivity contribution is 0.214. The molecule has 140 valence electrons. The van der Waals surface area contributed by atoms with Crippen molar-refractivity contribution in [3.63, 3.8) is 0 Å². The van der Waals surface area contributed by atoms with E-state index in [0.29, 0.717) is 24.3 Å². The summed E-state index contributed by atoms with van der Waals surface area (Å²) in [4.78, 5) is 12.0. The fourth-order valence-corrected chi connectivity index (χ4v) is 4.74. The first-order valence-corrected chi connectivity index (χ1v) is 9.73. The Morgan fingerprint density at radius 2 is 1.92 bits per heavy atom. The van der Waals surface area contributed by atoms with Crippen LogP contribution in [0.1, 0.15) is 17.7 Å².